The zero-order valence-electron chi connectivity index (χ0n) is 10.2. The van der Waals surface area contributed by atoms with E-state index in [1.807, 2.05) is 0 Å². The van der Waals surface area contributed by atoms with E-state index in [-0.39, 0.29) is 16.8 Å². The van der Waals surface area contributed by atoms with Gasteiger partial charge in [0.15, 0.2) is 0 Å². The first-order valence-corrected chi connectivity index (χ1v) is 4.84. The van der Waals surface area contributed by atoms with Crippen molar-refractivity contribution in [3.63, 3.8) is 0 Å². The van der Waals surface area contributed by atoms with E-state index in [0.29, 0.717) is 6.92 Å². The van der Waals surface area contributed by atoms with Crippen LogP contribution in [0.5, 0.6) is 0 Å². The number of aliphatic hydroxyl groups is 1. The van der Waals surface area contributed by atoms with Crippen molar-refractivity contribution in [3.8, 4) is 0 Å². The van der Waals surface area contributed by atoms with Crippen molar-refractivity contribution in [1.82, 2.24) is 4.90 Å². The van der Waals surface area contributed by atoms with Crippen LogP contribution >= 0.6 is 0 Å². The number of likely N-dealkylation sites (N-methyl/N-ethyl adjacent to an activating group) is 1. The van der Waals surface area contributed by atoms with Crippen molar-refractivity contribution < 1.29 is 48.2 Å². The Bertz CT molecular complexity index is 251. The molecule has 1 N–H and O–H groups in total. The van der Waals surface area contributed by atoms with Gasteiger partial charge in [-0.15, -0.1) is 0 Å². The molecule has 0 aromatic carbocycles. The van der Waals surface area contributed by atoms with Crippen LogP contribution in [-0.4, -0.2) is 47.1 Å². The van der Waals surface area contributed by atoms with E-state index in [0.717, 1.165) is 11.9 Å². The first-order valence-electron chi connectivity index (χ1n) is 4.84. The first-order chi connectivity index (χ1) is 7.26. The van der Waals surface area contributed by atoms with Crippen LogP contribution in [0.2, 0.25) is 0 Å². The Labute approximate surface area is 112 Å². The van der Waals surface area contributed by atoms with Crippen molar-refractivity contribution in [2.24, 2.45) is 0 Å². The molecule has 0 aromatic rings. The van der Waals surface area contributed by atoms with Crippen LogP contribution < -0.4 is 0 Å². The van der Waals surface area contributed by atoms with Gasteiger partial charge >= 0.3 is 12.4 Å². The van der Waals surface area contributed by atoms with Crippen molar-refractivity contribution in [2.75, 3.05) is 7.05 Å². The molecule has 0 saturated heterocycles. The summed E-state index contributed by atoms with van der Waals surface area (Å²) in [6, 6.07) is -2.70. The van der Waals surface area contributed by atoms with Gasteiger partial charge in [-0.05, 0) is 27.8 Å². The average Bonchev–Trinajstić information content (AvgIpc) is 2.10. The Hall–Kier alpha value is 0.00649. The molecular formula is C9H15CoF6NO. The third kappa shape index (κ3) is 3.52. The molecule has 0 bridgehead atoms. The fraction of sp³-hybridized carbons (Fsp3) is 1.00. The summed E-state index contributed by atoms with van der Waals surface area (Å²) in [7, 11) is 1.10. The fourth-order valence-electron chi connectivity index (χ4n) is 1.38. The van der Waals surface area contributed by atoms with Gasteiger partial charge in [-0.3, -0.25) is 4.90 Å². The van der Waals surface area contributed by atoms with E-state index < -0.39 is 30.0 Å². The van der Waals surface area contributed by atoms with Crippen LogP contribution in [-0.2, 0) is 16.8 Å². The van der Waals surface area contributed by atoms with Crippen molar-refractivity contribution in [1.29, 1.82) is 0 Å². The molecule has 0 amide bonds. The van der Waals surface area contributed by atoms with E-state index in [9.17, 15) is 26.3 Å². The van der Waals surface area contributed by atoms with Gasteiger partial charge in [0.05, 0.1) is 6.04 Å². The van der Waals surface area contributed by atoms with Gasteiger partial charge in [0.25, 0.3) is 5.60 Å². The van der Waals surface area contributed by atoms with Gasteiger partial charge in [0.2, 0.25) is 0 Å². The summed E-state index contributed by atoms with van der Waals surface area (Å²) in [5.74, 6) is 0. The van der Waals surface area contributed by atoms with Gasteiger partial charge in [-0.1, -0.05) is 0 Å². The van der Waals surface area contributed by atoms with E-state index in [2.05, 4.69) is 0 Å². The second-order valence-corrected chi connectivity index (χ2v) is 4.20. The Balaban J connectivity index is 0. The number of hydrogen-bond acceptors (Lipinski definition) is 2. The zero-order chi connectivity index (χ0) is 14.2. The number of nitrogens with zero attached hydrogens (tertiary/aromatic N) is 1. The molecule has 0 aliphatic rings. The maximum absolute atomic E-state index is 12.5. The van der Waals surface area contributed by atoms with Gasteiger partial charge in [-0.2, -0.15) is 26.3 Å². The molecule has 0 saturated carbocycles. The van der Waals surface area contributed by atoms with Crippen LogP contribution in [0.25, 0.3) is 0 Å². The van der Waals surface area contributed by atoms with Gasteiger partial charge < -0.3 is 5.11 Å². The van der Waals surface area contributed by atoms with Gasteiger partial charge in [-0.25, -0.2) is 0 Å². The summed E-state index contributed by atoms with van der Waals surface area (Å²) in [4.78, 5) is 0.820. The first kappa shape index (κ1) is 20.3. The molecule has 1 unspecified atom stereocenters. The summed E-state index contributed by atoms with van der Waals surface area (Å²) in [5, 5.41) is 9.08. The summed E-state index contributed by atoms with van der Waals surface area (Å²) in [5.41, 5.74) is -4.74. The van der Waals surface area contributed by atoms with E-state index in [1.54, 1.807) is 0 Å². The third-order valence-corrected chi connectivity index (χ3v) is 2.89. The predicted octanol–water partition coefficient (Wildman–Crippen LogP) is 2.57. The topological polar surface area (TPSA) is 23.5 Å². The van der Waals surface area contributed by atoms with Gasteiger partial charge in [0, 0.05) is 22.8 Å². The molecule has 113 valence electrons. The van der Waals surface area contributed by atoms with Crippen molar-refractivity contribution in [2.45, 2.75) is 50.8 Å². The second kappa shape index (κ2) is 5.97. The van der Waals surface area contributed by atoms with Crippen LogP contribution in [0.1, 0.15) is 20.8 Å². The minimum atomic E-state index is -5.78. The Morgan fingerprint density at radius 2 is 1.17 bits per heavy atom. The molecule has 9 heteroatoms. The maximum Gasteiger partial charge on any atom is 0.427 e. The quantitative estimate of drug-likeness (QED) is 0.806. The molecule has 0 aromatic heterocycles. The standard InChI is InChI=1S/C9H15F6NO.Co/c1-5(2)16(4)6(3)7(17,8(10,11)12)9(13,14)15;/h5-6,17H,1-4H3;. The largest absolute Gasteiger partial charge is 0.427 e. The fourth-order valence-corrected chi connectivity index (χ4v) is 1.38. The van der Waals surface area contributed by atoms with Crippen LogP contribution in [0.15, 0.2) is 0 Å². The molecule has 18 heavy (non-hydrogen) atoms. The molecule has 0 heterocycles. The molecule has 0 aliphatic heterocycles. The second-order valence-electron chi connectivity index (χ2n) is 4.20. The molecule has 0 fully saturated rings. The van der Waals surface area contributed by atoms with E-state index in [1.165, 1.54) is 13.8 Å². The molecule has 0 rings (SSSR count). The minimum Gasteiger partial charge on any atom is -0.372 e. The Kier molecular flexibility index (Phi) is 6.75. The maximum atomic E-state index is 12.5. The number of rotatable bonds is 3. The monoisotopic (exact) mass is 326 g/mol. The van der Waals surface area contributed by atoms with Gasteiger partial charge in [0.1, 0.15) is 0 Å². The predicted molar refractivity (Wildman–Crippen MR) is 49.4 cm³/mol. The number of hydrogen-bond donors (Lipinski definition) is 1. The molecule has 2 nitrogen and oxygen atoms in total. The summed E-state index contributed by atoms with van der Waals surface area (Å²) < 4.78 is 74.9. The zero-order valence-corrected chi connectivity index (χ0v) is 11.2. The van der Waals surface area contributed by atoms with Crippen LogP contribution in [0.4, 0.5) is 26.3 Å². The van der Waals surface area contributed by atoms with E-state index >= 15 is 0 Å². The Morgan fingerprint density at radius 1 is 0.889 bits per heavy atom. The van der Waals surface area contributed by atoms with Crippen LogP contribution in [0, 0.1) is 0 Å². The minimum absolute atomic E-state index is 0. The average molecular weight is 326 g/mol. The third-order valence-electron chi connectivity index (χ3n) is 2.89. The molecule has 1 atom stereocenters. The van der Waals surface area contributed by atoms with E-state index in [4.69, 9.17) is 5.11 Å². The number of halogens is 6. The summed E-state index contributed by atoms with van der Waals surface area (Å²) >= 11 is 0. The molecule has 0 aliphatic carbocycles. The smallest absolute Gasteiger partial charge is 0.372 e. The normalized spacial score (nSPS) is 15.8. The molecular weight excluding hydrogens is 311 g/mol. The summed E-state index contributed by atoms with van der Waals surface area (Å²) in [6.45, 7) is 3.56. The summed E-state index contributed by atoms with van der Waals surface area (Å²) in [6.07, 6.45) is -11.6. The molecule has 0 spiro atoms. The SMILES string of the molecule is CC(C)N(C)C(C)C(O)(C(F)(F)F)C(F)(F)F.[Co]. The van der Waals surface area contributed by atoms with Crippen LogP contribution in [0.3, 0.4) is 0 Å². The van der Waals surface area contributed by atoms with Crippen molar-refractivity contribution in [3.05, 3.63) is 0 Å². The number of alkyl halides is 6. The Morgan fingerprint density at radius 3 is 1.33 bits per heavy atom. The molecule has 1 radical (unpaired) electrons. The van der Waals surface area contributed by atoms with Crippen molar-refractivity contribution >= 4 is 0 Å².